The molecule has 2 aliphatic rings. The quantitative estimate of drug-likeness (QED) is 0.553. The summed E-state index contributed by atoms with van der Waals surface area (Å²) < 4.78 is 53.2. The van der Waals surface area contributed by atoms with Gasteiger partial charge in [-0.3, -0.25) is 4.90 Å². The van der Waals surface area contributed by atoms with E-state index in [0.717, 1.165) is 30.3 Å². The van der Waals surface area contributed by atoms with Crippen molar-refractivity contribution in [1.29, 1.82) is 0 Å². The Balaban J connectivity index is 1.39. The molecule has 1 atom stereocenters. The van der Waals surface area contributed by atoms with E-state index in [9.17, 15) is 13.2 Å². The number of benzene rings is 2. The summed E-state index contributed by atoms with van der Waals surface area (Å²) in [7, 11) is -3.09. The van der Waals surface area contributed by atoms with Crippen LogP contribution in [0.25, 0.3) is 0 Å². The molecule has 4 nitrogen and oxygen atoms in total. The fraction of sp³-hybridized carbons (Fsp3) is 0.429. The van der Waals surface area contributed by atoms with Gasteiger partial charge in [-0.05, 0) is 39.1 Å². The van der Waals surface area contributed by atoms with Gasteiger partial charge in [0.1, 0.15) is 13.2 Å². The number of para-hydroxylation sites is 1. The molecule has 1 fully saturated rings. The number of piperazine rings is 1. The third-order valence-electron chi connectivity index (χ3n) is 5.43. The third kappa shape index (κ3) is 4.38. The Morgan fingerprint density at radius 1 is 0.900 bits per heavy atom. The van der Waals surface area contributed by atoms with E-state index in [-0.39, 0.29) is 5.75 Å². The molecule has 0 N–H and O–H groups in total. The van der Waals surface area contributed by atoms with Crippen LogP contribution in [-0.4, -0.2) is 62.1 Å². The van der Waals surface area contributed by atoms with Gasteiger partial charge in [-0.25, -0.2) is 0 Å². The predicted molar refractivity (Wildman–Crippen MR) is 118 cm³/mol. The Hall–Kier alpha value is -1.58. The smallest absolute Gasteiger partial charge is 0.438 e. The molecule has 2 aromatic carbocycles. The highest BCUT2D eigenvalue weighted by atomic mass is 79.9. The first kappa shape index (κ1) is 21.6. The molecule has 30 heavy (non-hydrogen) atoms. The van der Waals surface area contributed by atoms with Crippen LogP contribution in [0.1, 0.15) is 0 Å². The van der Waals surface area contributed by atoms with Gasteiger partial charge in [-0.15, -0.1) is 0 Å². The van der Waals surface area contributed by atoms with Gasteiger partial charge in [0.15, 0.2) is 11.5 Å². The van der Waals surface area contributed by atoms with Crippen molar-refractivity contribution in [2.45, 2.75) is 10.4 Å². The molecule has 0 saturated carbocycles. The number of alkyl halides is 3. The average Bonchev–Trinajstić information content (AvgIpc) is 2.77. The van der Waals surface area contributed by atoms with Crippen molar-refractivity contribution < 1.29 is 22.6 Å². The van der Waals surface area contributed by atoms with Crippen LogP contribution in [0, 0.1) is 0 Å². The van der Waals surface area contributed by atoms with Crippen LogP contribution in [0.15, 0.2) is 53.4 Å². The molecule has 1 unspecified atom stereocenters. The van der Waals surface area contributed by atoms with Gasteiger partial charge in [0.05, 0.1) is 5.69 Å². The van der Waals surface area contributed by atoms with E-state index in [2.05, 4.69) is 24.6 Å². The summed E-state index contributed by atoms with van der Waals surface area (Å²) in [5.41, 5.74) is -3.30. The Morgan fingerprint density at radius 2 is 1.60 bits per heavy atom. The minimum Gasteiger partial charge on any atom is -0.486 e. The molecule has 4 rings (SSSR count). The summed E-state index contributed by atoms with van der Waals surface area (Å²) in [6.07, 6.45) is 0. The first-order chi connectivity index (χ1) is 14.4. The Kier molecular flexibility index (Phi) is 6.41. The monoisotopic (exact) mass is 504 g/mol. The number of nitrogens with zero attached hydrogens (tertiary/aromatic N) is 2. The summed E-state index contributed by atoms with van der Waals surface area (Å²) in [6, 6.07) is 14.0. The number of hydrogen-bond donors (Lipinski definition) is 0. The topological polar surface area (TPSA) is 24.9 Å². The highest BCUT2D eigenvalue weighted by Crippen LogP contribution is 2.72. The van der Waals surface area contributed by atoms with Gasteiger partial charge in [-0.1, -0.05) is 32.7 Å². The predicted octanol–water partition coefficient (Wildman–Crippen LogP) is 5.27. The highest BCUT2D eigenvalue weighted by Gasteiger charge is 2.49. The number of anilines is 1. The van der Waals surface area contributed by atoms with Crippen molar-refractivity contribution in [1.82, 2.24) is 4.90 Å². The SMILES string of the molecule is FC(F)(F)S(Br)(CCN1CCN(c2cccc3c2OCCO3)CC1)c1ccccc1. The molecule has 1 saturated heterocycles. The van der Waals surface area contributed by atoms with E-state index in [1.165, 1.54) is 0 Å². The molecule has 0 aromatic heterocycles. The second-order valence-corrected chi connectivity index (χ2v) is 13.2. The van der Waals surface area contributed by atoms with Crippen molar-refractivity contribution >= 4 is 29.0 Å². The lowest BCUT2D eigenvalue weighted by Crippen LogP contribution is -2.47. The zero-order valence-electron chi connectivity index (χ0n) is 16.4. The Morgan fingerprint density at radius 3 is 2.30 bits per heavy atom. The number of hydrogen-bond acceptors (Lipinski definition) is 4. The molecule has 2 heterocycles. The minimum atomic E-state index is -4.30. The fourth-order valence-electron chi connectivity index (χ4n) is 3.78. The van der Waals surface area contributed by atoms with E-state index in [1.54, 1.807) is 30.3 Å². The van der Waals surface area contributed by atoms with Gasteiger partial charge < -0.3 is 14.4 Å². The summed E-state index contributed by atoms with van der Waals surface area (Å²) in [5, 5.41) is 0. The van der Waals surface area contributed by atoms with Crippen LogP contribution >= 0.6 is 23.3 Å². The van der Waals surface area contributed by atoms with Crippen LogP contribution in [-0.2, 0) is 0 Å². The Bertz CT molecular complexity index is 863. The van der Waals surface area contributed by atoms with Crippen molar-refractivity contribution in [2.24, 2.45) is 0 Å². The number of ether oxygens (including phenoxy) is 2. The second kappa shape index (κ2) is 8.88. The van der Waals surface area contributed by atoms with E-state index in [1.807, 2.05) is 18.2 Å². The number of fused-ring (bicyclic) bond motifs is 1. The summed E-state index contributed by atoms with van der Waals surface area (Å²) >= 11 is 3.12. The van der Waals surface area contributed by atoms with Gasteiger partial charge in [0, 0.05) is 43.4 Å². The summed E-state index contributed by atoms with van der Waals surface area (Å²) in [5.74, 6) is 1.56. The van der Waals surface area contributed by atoms with E-state index in [0.29, 0.717) is 37.7 Å². The zero-order valence-corrected chi connectivity index (χ0v) is 18.8. The molecule has 0 radical (unpaired) electrons. The molecular formula is C21H24BrF3N2O2S. The Labute approximate surface area is 183 Å². The molecule has 0 bridgehead atoms. The lowest BCUT2D eigenvalue weighted by molar-refractivity contribution is -0.0363. The molecule has 164 valence electrons. The molecule has 2 aromatic rings. The van der Waals surface area contributed by atoms with Crippen LogP contribution in [0.5, 0.6) is 11.5 Å². The molecule has 0 spiro atoms. The normalized spacial score (nSPS) is 20.5. The van der Waals surface area contributed by atoms with Crippen molar-refractivity contribution in [3.8, 4) is 11.5 Å². The minimum absolute atomic E-state index is 0.0399. The van der Waals surface area contributed by atoms with Crippen LogP contribution in [0.3, 0.4) is 0 Å². The molecule has 0 amide bonds. The third-order valence-corrected chi connectivity index (χ3v) is 11.1. The average molecular weight is 505 g/mol. The first-order valence-electron chi connectivity index (χ1n) is 9.86. The largest absolute Gasteiger partial charge is 0.486 e. The lowest BCUT2D eigenvalue weighted by atomic mass is 10.2. The van der Waals surface area contributed by atoms with Crippen LogP contribution in [0.2, 0.25) is 0 Å². The van der Waals surface area contributed by atoms with Gasteiger partial charge in [0.2, 0.25) is 0 Å². The molecule has 2 aliphatic heterocycles. The molecule has 0 aliphatic carbocycles. The maximum absolute atomic E-state index is 13.9. The van der Waals surface area contributed by atoms with E-state index < -0.39 is 14.0 Å². The zero-order chi connectivity index (χ0) is 21.2. The maximum atomic E-state index is 13.9. The highest BCUT2D eigenvalue weighted by molar-refractivity contribution is 9.58. The van der Waals surface area contributed by atoms with Crippen molar-refractivity contribution in [3.05, 3.63) is 48.5 Å². The summed E-state index contributed by atoms with van der Waals surface area (Å²) in [4.78, 5) is 4.66. The number of halogens is 4. The van der Waals surface area contributed by atoms with E-state index >= 15 is 0 Å². The fourth-order valence-corrected chi connectivity index (χ4v) is 6.69. The van der Waals surface area contributed by atoms with Gasteiger partial charge in [-0.2, -0.15) is 13.2 Å². The van der Waals surface area contributed by atoms with Gasteiger partial charge >= 0.3 is 5.51 Å². The van der Waals surface area contributed by atoms with Crippen molar-refractivity contribution in [2.75, 3.05) is 56.6 Å². The van der Waals surface area contributed by atoms with Gasteiger partial charge in [0.25, 0.3) is 0 Å². The maximum Gasteiger partial charge on any atom is 0.438 e. The standard InChI is InChI=1S/C21H24BrF3N2O2S/c22-30(21(23,24)25,17-5-2-1-3-6-17)16-13-26-9-11-27(12-10-26)18-7-4-8-19-20(18)29-15-14-28-19/h1-8H,9-16H2. The first-order valence-corrected chi connectivity index (χ1v) is 13.5. The van der Waals surface area contributed by atoms with Crippen LogP contribution < -0.4 is 14.4 Å². The summed E-state index contributed by atoms with van der Waals surface area (Å²) in [6.45, 7) is 4.36. The van der Waals surface area contributed by atoms with Crippen molar-refractivity contribution in [3.63, 3.8) is 0 Å². The lowest BCUT2D eigenvalue weighted by Gasteiger charge is -2.40. The number of rotatable bonds is 5. The van der Waals surface area contributed by atoms with E-state index in [4.69, 9.17) is 9.47 Å². The molecule has 9 heteroatoms. The second-order valence-electron chi connectivity index (χ2n) is 7.25. The molecular weight excluding hydrogens is 481 g/mol. The van der Waals surface area contributed by atoms with Crippen LogP contribution in [0.4, 0.5) is 18.9 Å².